The van der Waals surface area contributed by atoms with Crippen molar-refractivity contribution < 1.29 is 14.6 Å². The first-order chi connectivity index (χ1) is 10.2. The molecule has 0 aromatic carbocycles. The summed E-state index contributed by atoms with van der Waals surface area (Å²) in [6, 6.07) is 3.65. The first-order valence-corrected chi connectivity index (χ1v) is 8.07. The molecule has 5 nitrogen and oxygen atoms in total. The number of halogens is 1. The molecular weight excluding hydrogens is 356 g/mol. The van der Waals surface area contributed by atoms with Crippen LogP contribution in [0.15, 0.2) is 39.8 Å². The van der Waals surface area contributed by atoms with E-state index in [1.165, 1.54) is 6.20 Å². The fraction of sp³-hybridized carbons (Fsp3) is 0.286. The highest BCUT2D eigenvalue weighted by Gasteiger charge is 2.15. The Labute approximate surface area is 135 Å². The summed E-state index contributed by atoms with van der Waals surface area (Å²) < 4.78 is 6.31. The van der Waals surface area contributed by atoms with Gasteiger partial charge in [-0.3, -0.25) is 9.78 Å². The first kappa shape index (κ1) is 16.1. The minimum Gasteiger partial charge on any atom is -0.394 e. The highest BCUT2D eigenvalue weighted by atomic mass is 79.9. The van der Waals surface area contributed by atoms with Crippen LogP contribution in [0, 0.1) is 0 Å². The molecule has 112 valence electrons. The van der Waals surface area contributed by atoms with Gasteiger partial charge in [0.1, 0.15) is 6.10 Å². The number of rotatable bonds is 7. The quantitative estimate of drug-likeness (QED) is 0.784. The van der Waals surface area contributed by atoms with Crippen molar-refractivity contribution >= 4 is 33.2 Å². The zero-order valence-electron chi connectivity index (χ0n) is 11.2. The molecule has 0 saturated heterocycles. The van der Waals surface area contributed by atoms with Crippen molar-refractivity contribution in [3.05, 3.63) is 50.9 Å². The standard InChI is InChI=1S/C14H15BrN2O3S/c15-12-5-11(6-16-7-12)14(19)17-8-13(20-3-2-18)10-1-4-21-9-10/h1,4-7,9,13,18H,2-3,8H2,(H,17,19). The van der Waals surface area contributed by atoms with Crippen LogP contribution in [0.2, 0.25) is 0 Å². The van der Waals surface area contributed by atoms with Crippen molar-refractivity contribution in [1.82, 2.24) is 10.3 Å². The van der Waals surface area contributed by atoms with E-state index in [4.69, 9.17) is 9.84 Å². The van der Waals surface area contributed by atoms with Gasteiger partial charge in [-0.2, -0.15) is 11.3 Å². The van der Waals surface area contributed by atoms with Gasteiger partial charge in [-0.1, -0.05) is 0 Å². The molecule has 0 aliphatic heterocycles. The van der Waals surface area contributed by atoms with Crippen LogP contribution in [0.25, 0.3) is 0 Å². The van der Waals surface area contributed by atoms with Crippen LogP contribution in [-0.2, 0) is 4.74 Å². The molecule has 1 unspecified atom stereocenters. The van der Waals surface area contributed by atoms with Gasteiger partial charge in [0.25, 0.3) is 5.91 Å². The lowest BCUT2D eigenvalue weighted by atomic mass is 10.2. The topological polar surface area (TPSA) is 71.5 Å². The summed E-state index contributed by atoms with van der Waals surface area (Å²) in [6.07, 6.45) is 2.86. The van der Waals surface area contributed by atoms with Gasteiger partial charge in [0.05, 0.1) is 18.8 Å². The predicted octanol–water partition coefficient (Wildman–Crippen LogP) is 2.39. The van der Waals surface area contributed by atoms with E-state index in [0.29, 0.717) is 12.1 Å². The number of carbonyl (C=O) groups is 1. The van der Waals surface area contributed by atoms with E-state index in [0.717, 1.165) is 10.0 Å². The molecule has 2 N–H and O–H groups in total. The average molecular weight is 371 g/mol. The van der Waals surface area contributed by atoms with E-state index < -0.39 is 0 Å². The van der Waals surface area contributed by atoms with E-state index in [-0.39, 0.29) is 25.2 Å². The Morgan fingerprint density at radius 3 is 3.05 bits per heavy atom. The Balaban J connectivity index is 1.96. The second-order valence-electron chi connectivity index (χ2n) is 4.24. The largest absolute Gasteiger partial charge is 0.394 e. The number of pyridine rings is 1. The summed E-state index contributed by atoms with van der Waals surface area (Å²) in [4.78, 5) is 16.0. The fourth-order valence-electron chi connectivity index (χ4n) is 1.75. The van der Waals surface area contributed by atoms with Gasteiger partial charge in [-0.05, 0) is 44.4 Å². The Hall–Kier alpha value is -1.28. The molecule has 1 atom stereocenters. The summed E-state index contributed by atoms with van der Waals surface area (Å²) in [5.41, 5.74) is 1.47. The van der Waals surface area contributed by atoms with E-state index in [9.17, 15) is 4.79 Å². The summed E-state index contributed by atoms with van der Waals surface area (Å²) in [5, 5.41) is 15.6. The Morgan fingerprint density at radius 1 is 1.52 bits per heavy atom. The molecule has 0 bridgehead atoms. The highest BCUT2D eigenvalue weighted by molar-refractivity contribution is 9.10. The Kier molecular flexibility index (Phi) is 6.31. The number of amides is 1. The third-order valence-electron chi connectivity index (χ3n) is 2.74. The zero-order chi connectivity index (χ0) is 15.1. The lowest BCUT2D eigenvalue weighted by Gasteiger charge is -2.17. The smallest absolute Gasteiger partial charge is 0.252 e. The van der Waals surface area contributed by atoms with Gasteiger partial charge in [-0.15, -0.1) is 0 Å². The highest BCUT2D eigenvalue weighted by Crippen LogP contribution is 2.19. The lowest BCUT2D eigenvalue weighted by molar-refractivity contribution is 0.0279. The number of aliphatic hydroxyl groups excluding tert-OH is 1. The molecule has 0 radical (unpaired) electrons. The van der Waals surface area contributed by atoms with Crippen LogP contribution in [0.1, 0.15) is 22.0 Å². The molecular formula is C14H15BrN2O3S. The monoisotopic (exact) mass is 370 g/mol. The number of hydrogen-bond acceptors (Lipinski definition) is 5. The number of thiophene rings is 1. The molecule has 0 fully saturated rings. The normalized spacial score (nSPS) is 12.1. The van der Waals surface area contributed by atoms with Gasteiger partial charge in [0.15, 0.2) is 0 Å². The van der Waals surface area contributed by atoms with Gasteiger partial charge >= 0.3 is 0 Å². The molecule has 2 rings (SSSR count). The van der Waals surface area contributed by atoms with E-state index >= 15 is 0 Å². The van der Waals surface area contributed by atoms with Crippen LogP contribution >= 0.6 is 27.3 Å². The molecule has 0 aliphatic rings. The number of aromatic nitrogens is 1. The van der Waals surface area contributed by atoms with Crippen molar-refractivity contribution in [2.45, 2.75) is 6.10 Å². The number of ether oxygens (including phenoxy) is 1. The molecule has 7 heteroatoms. The van der Waals surface area contributed by atoms with Crippen LogP contribution in [0.5, 0.6) is 0 Å². The lowest BCUT2D eigenvalue weighted by Crippen LogP contribution is -2.29. The predicted molar refractivity (Wildman–Crippen MR) is 84.4 cm³/mol. The van der Waals surface area contributed by atoms with E-state index in [1.807, 2.05) is 16.8 Å². The number of hydrogen-bond donors (Lipinski definition) is 2. The molecule has 2 heterocycles. The molecule has 1 amide bonds. The average Bonchev–Trinajstić information content (AvgIpc) is 3.01. The summed E-state index contributed by atoms with van der Waals surface area (Å²) in [6.45, 7) is 0.515. The van der Waals surface area contributed by atoms with Gasteiger partial charge in [0, 0.05) is 23.4 Å². The summed E-state index contributed by atoms with van der Waals surface area (Å²) in [7, 11) is 0. The minimum atomic E-state index is -0.271. The molecule has 0 spiro atoms. The van der Waals surface area contributed by atoms with E-state index in [1.54, 1.807) is 23.6 Å². The van der Waals surface area contributed by atoms with Crippen molar-refractivity contribution in [2.75, 3.05) is 19.8 Å². The SMILES string of the molecule is O=C(NCC(OCCO)c1ccsc1)c1cncc(Br)c1. The van der Waals surface area contributed by atoms with Crippen LogP contribution in [0.3, 0.4) is 0 Å². The minimum absolute atomic E-state index is 0.0515. The Morgan fingerprint density at radius 2 is 2.38 bits per heavy atom. The summed E-state index contributed by atoms with van der Waals surface area (Å²) in [5.74, 6) is -0.211. The van der Waals surface area contributed by atoms with Gasteiger partial charge < -0.3 is 15.2 Å². The third-order valence-corrected chi connectivity index (χ3v) is 3.88. The molecule has 21 heavy (non-hydrogen) atoms. The van der Waals surface area contributed by atoms with Crippen molar-refractivity contribution in [2.24, 2.45) is 0 Å². The molecule has 0 aliphatic carbocycles. The molecule has 2 aromatic rings. The Bertz CT molecular complexity index is 577. The third kappa shape index (κ3) is 4.89. The zero-order valence-corrected chi connectivity index (χ0v) is 13.6. The fourth-order valence-corrected chi connectivity index (χ4v) is 2.82. The number of carbonyl (C=O) groups excluding carboxylic acids is 1. The van der Waals surface area contributed by atoms with Crippen LogP contribution < -0.4 is 5.32 Å². The number of aliphatic hydroxyl groups is 1. The first-order valence-electron chi connectivity index (χ1n) is 6.34. The van der Waals surface area contributed by atoms with Crippen molar-refractivity contribution in [3.63, 3.8) is 0 Å². The second kappa shape index (κ2) is 8.23. The van der Waals surface area contributed by atoms with Gasteiger partial charge in [-0.25, -0.2) is 0 Å². The van der Waals surface area contributed by atoms with E-state index in [2.05, 4.69) is 26.2 Å². The number of nitrogens with one attached hydrogen (secondary N) is 1. The van der Waals surface area contributed by atoms with Crippen molar-refractivity contribution in [1.29, 1.82) is 0 Å². The van der Waals surface area contributed by atoms with Crippen molar-refractivity contribution in [3.8, 4) is 0 Å². The molecule has 2 aromatic heterocycles. The van der Waals surface area contributed by atoms with Gasteiger partial charge in [0.2, 0.25) is 0 Å². The molecule has 0 saturated carbocycles. The van der Waals surface area contributed by atoms with Crippen LogP contribution in [0.4, 0.5) is 0 Å². The van der Waals surface area contributed by atoms with Crippen LogP contribution in [-0.4, -0.2) is 35.8 Å². The maximum Gasteiger partial charge on any atom is 0.252 e. The maximum absolute atomic E-state index is 12.1. The maximum atomic E-state index is 12.1. The number of nitrogens with zero attached hydrogens (tertiary/aromatic N) is 1. The summed E-state index contributed by atoms with van der Waals surface area (Å²) >= 11 is 4.85. The second-order valence-corrected chi connectivity index (χ2v) is 5.94.